The van der Waals surface area contributed by atoms with Crippen LogP contribution in [-0.4, -0.2) is 70.6 Å². The first kappa shape index (κ1) is 82.2. The first-order valence-electron chi connectivity index (χ1n) is 43.3. The molecular formula is C117H81B9. The average molecular weight is 1580 g/mol. The highest BCUT2D eigenvalue weighted by Gasteiger charge is 2.31. The summed E-state index contributed by atoms with van der Waals surface area (Å²) in [5, 5.41) is 0. The van der Waals surface area contributed by atoms with Crippen molar-refractivity contribution in [2.24, 2.45) is 0 Å². The molecule has 18 aromatic carbocycles. The van der Waals surface area contributed by atoms with E-state index in [9.17, 15) is 0 Å². The third-order valence-electron chi connectivity index (χ3n) is 25.9. The van der Waals surface area contributed by atoms with E-state index in [1.165, 1.54) is 200 Å². The summed E-state index contributed by atoms with van der Waals surface area (Å²) in [5.41, 5.74) is 45.6. The molecule has 18 radical (unpaired) electrons. The zero-order valence-electron chi connectivity index (χ0n) is 70.0. The molecule has 0 fully saturated rings. The van der Waals surface area contributed by atoms with Gasteiger partial charge in [0.05, 0.1) is 70.6 Å². The van der Waals surface area contributed by atoms with Crippen LogP contribution in [0.3, 0.4) is 0 Å². The molecule has 576 valence electrons. The van der Waals surface area contributed by atoms with Gasteiger partial charge in [-0.3, -0.25) is 0 Å². The van der Waals surface area contributed by atoms with E-state index < -0.39 is 0 Å². The van der Waals surface area contributed by atoms with Gasteiger partial charge in [-0.15, -0.1) is 0 Å². The van der Waals surface area contributed by atoms with Gasteiger partial charge in [0.1, 0.15) is 0 Å². The van der Waals surface area contributed by atoms with E-state index in [2.05, 4.69) is 328 Å². The van der Waals surface area contributed by atoms with Crippen LogP contribution >= 0.6 is 0 Å². The van der Waals surface area contributed by atoms with Crippen molar-refractivity contribution < 1.29 is 0 Å². The fourth-order valence-corrected chi connectivity index (χ4v) is 19.8. The molecule has 18 aromatic rings. The highest BCUT2D eigenvalue weighted by molar-refractivity contribution is 6.22. The van der Waals surface area contributed by atoms with Crippen molar-refractivity contribution in [2.75, 3.05) is 0 Å². The van der Waals surface area contributed by atoms with Crippen LogP contribution in [0.4, 0.5) is 0 Å². The lowest BCUT2D eigenvalue weighted by atomic mass is 9.79. The van der Waals surface area contributed by atoms with E-state index in [4.69, 9.17) is 70.6 Å². The first-order chi connectivity index (χ1) is 61.9. The van der Waals surface area contributed by atoms with Gasteiger partial charge in [-0.2, -0.15) is 0 Å². The largest absolute Gasteiger partial charge is 0.0828 e. The van der Waals surface area contributed by atoms with E-state index in [1.54, 1.807) is 0 Å². The highest BCUT2D eigenvalue weighted by atomic mass is 14.3. The maximum Gasteiger partial charge on any atom is 0.0828 e. The molecule has 0 amide bonds. The molecule has 126 heavy (non-hydrogen) atoms. The molecule has 0 saturated carbocycles. The molecule has 0 heterocycles. The van der Waals surface area contributed by atoms with Crippen molar-refractivity contribution in [1.29, 1.82) is 0 Å². The minimum absolute atomic E-state index is 0.0578. The van der Waals surface area contributed by atoms with Gasteiger partial charge >= 0.3 is 0 Å². The smallest absolute Gasteiger partial charge is 0.0620 e. The van der Waals surface area contributed by atoms with Crippen molar-refractivity contribution in [1.82, 2.24) is 0 Å². The molecule has 0 unspecified atom stereocenters. The Labute approximate surface area is 754 Å². The maximum atomic E-state index is 6.16. The first-order valence-corrected chi connectivity index (χ1v) is 43.3. The summed E-state index contributed by atoms with van der Waals surface area (Å²) in [6.45, 7) is 0. The molecule has 0 N–H and O–H groups in total. The van der Waals surface area contributed by atoms with Crippen molar-refractivity contribution in [3.8, 4) is 100 Å². The second-order valence-corrected chi connectivity index (χ2v) is 32.9. The van der Waals surface area contributed by atoms with E-state index >= 15 is 0 Å². The predicted molar refractivity (Wildman–Crippen MR) is 535 cm³/mol. The van der Waals surface area contributed by atoms with Crippen LogP contribution in [0.2, 0.25) is 0 Å². The summed E-state index contributed by atoms with van der Waals surface area (Å²) < 4.78 is 0. The Morgan fingerprint density at radius 1 is 0.0794 bits per heavy atom. The molecule has 27 rings (SSSR count). The molecule has 0 atom stereocenters. The Hall–Kier alpha value is -13.5. The van der Waals surface area contributed by atoms with Gasteiger partial charge in [-0.1, -0.05) is 437 Å². The van der Waals surface area contributed by atoms with Crippen molar-refractivity contribution in [2.45, 2.75) is 52.4 Å². The van der Waals surface area contributed by atoms with Crippen molar-refractivity contribution in [3.63, 3.8) is 0 Å². The summed E-state index contributed by atoms with van der Waals surface area (Å²) in [6, 6.07) is 150. The zero-order valence-corrected chi connectivity index (χ0v) is 70.0. The normalized spacial score (nSPS) is 13.7. The number of hydrogen-bond acceptors (Lipinski definition) is 0. The molecule has 9 aliphatic rings. The quantitative estimate of drug-likeness (QED) is 0.133. The van der Waals surface area contributed by atoms with Gasteiger partial charge in [0.2, 0.25) is 0 Å². The number of rotatable bonds is 0. The Morgan fingerprint density at radius 2 is 0.127 bits per heavy atom. The summed E-state index contributed by atoms with van der Waals surface area (Å²) >= 11 is 0. The predicted octanol–water partition coefficient (Wildman–Crippen LogP) is 26.3. The van der Waals surface area contributed by atoms with Crippen LogP contribution < -0.4 is 0 Å². The Morgan fingerprint density at radius 3 is 0.183 bits per heavy atom. The second-order valence-electron chi connectivity index (χ2n) is 32.9. The zero-order chi connectivity index (χ0) is 85.9. The fraction of sp³-hybridized carbons (Fsp3) is 0.0769. The number of benzene rings is 18. The Kier molecular flexibility index (Phi) is 23.7. The summed E-state index contributed by atoms with van der Waals surface area (Å²) in [7, 11) is 55.4. The molecule has 0 spiro atoms. The van der Waals surface area contributed by atoms with Crippen LogP contribution in [0.5, 0.6) is 0 Å². The minimum atomic E-state index is 0.0578. The third kappa shape index (κ3) is 15.5. The van der Waals surface area contributed by atoms with Crippen LogP contribution in [0.25, 0.3) is 100 Å². The number of hydrogen-bond donors (Lipinski definition) is 0. The van der Waals surface area contributed by atoms with Gasteiger partial charge in [-0.25, -0.2) is 0 Å². The molecule has 9 heteroatoms. The van der Waals surface area contributed by atoms with Crippen molar-refractivity contribution >= 4 is 70.6 Å². The van der Waals surface area contributed by atoms with Crippen LogP contribution in [0, 0.1) is 0 Å². The van der Waals surface area contributed by atoms with E-state index in [0.29, 0.717) is 0 Å². The van der Waals surface area contributed by atoms with E-state index in [-0.39, 0.29) is 52.4 Å². The van der Waals surface area contributed by atoms with Gasteiger partial charge in [0.25, 0.3) is 0 Å². The SMILES string of the molecule is [B]C1c2ccccc2-c2ccccc21.[B]C1c2ccccc2-c2ccccc21.[B]C1c2ccccc2-c2ccccc21.[B]C1c2ccccc2-c2ccccc21.[B]C1c2ccccc2-c2ccccc21.[B]C1c2ccccc2-c2ccccc21.[B]C1c2ccccc2-c2ccccc21.[B]C1c2ccccc2-c2ccccc21.[B]C1c2ccccc2-c2ccccc21. The van der Waals surface area contributed by atoms with Crippen molar-refractivity contribution in [3.05, 3.63) is 537 Å². The molecule has 0 saturated heterocycles. The Balaban J connectivity index is 0.0000000926. The summed E-state index contributed by atoms with van der Waals surface area (Å²) in [6.07, 6.45) is 0. The average Bonchev–Trinajstić information content (AvgIpc) is 1.70. The standard InChI is InChI=1S/9C13H9B/c9*14-13-11-7-3-1-5-9(11)10-6-2-4-8-12(10)13/h9*1-8,13H. The summed E-state index contributed by atoms with van der Waals surface area (Å²) in [4.78, 5) is 0. The molecule has 0 nitrogen and oxygen atoms in total. The van der Waals surface area contributed by atoms with E-state index in [1.807, 2.05) is 109 Å². The lowest BCUT2D eigenvalue weighted by Gasteiger charge is -2.04. The highest BCUT2D eigenvalue weighted by Crippen LogP contribution is 2.51. The molecule has 0 bridgehead atoms. The molecule has 0 aliphatic heterocycles. The molecular weight excluding hydrogens is 1500 g/mol. The topological polar surface area (TPSA) is 0 Å². The monoisotopic (exact) mass is 1580 g/mol. The van der Waals surface area contributed by atoms with Gasteiger partial charge in [0, 0.05) is 0 Å². The van der Waals surface area contributed by atoms with Gasteiger partial charge in [-0.05, 0) is 253 Å². The fourth-order valence-electron chi connectivity index (χ4n) is 19.8. The number of fused-ring (bicyclic) bond motifs is 27. The van der Waals surface area contributed by atoms with Gasteiger partial charge in [0.15, 0.2) is 0 Å². The van der Waals surface area contributed by atoms with Crippen LogP contribution in [-0.2, 0) is 0 Å². The molecule has 9 aliphatic carbocycles. The lowest BCUT2D eigenvalue weighted by Crippen LogP contribution is -1.93. The summed E-state index contributed by atoms with van der Waals surface area (Å²) in [5.74, 6) is 0.520. The lowest BCUT2D eigenvalue weighted by molar-refractivity contribution is 1.20. The van der Waals surface area contributed by atoms with Crippen LogP contribution in [0.15, 0.2) is 437 Å². The van der Waals surface area contributed by atoms with Crippen LogP contribution in [0.1, 0.15) is 152 Å². The van der Waals surface area contributed by atoms with E-state index in [0.717, 1.165) is 0 Å². The minimum Gasteiger partial charge on any atom is -0.0620 e. The Bertz CT molecular complexity index is 5310. The van der Waals surface area contributed by atoms with Gasteiger partial charge < -0.3 is 0 Å². The second kappa shape index (κ2) is 36.4. The maximum absolute atomic E-state index is 6.16. The third-order valence-corrected chi connectivity index (χ3v) is 25.9. The molecule has 0 aromatic heterocycles.